The first-order chi connectivity index (χ1) is 2.64. The highest BCUT2D eigenvalue weighted by Gasteiger charge is 2.08. The maximum absolute atomic E-state index is 7.78. The van der Waals surface area contributed by atoms with Crippen molar-refractivity contribution in [3.8, 4) is 0 Å². The van der Waals surface area contributed by atoms with Crippen LogP contribution in [0.2, 0.25) is 0 Å². The summed E-state index contributed by atoms with van der Waals surface area (Å²) in [7, 11) is -4.97. The third-order valence-electron chi connectivity index (χ3n) is 0.160. The minimum atomic E-state index is -2.48. The van der Waals surface area contributed by atoms with E-state index in [1.54, 1.807) is 0 Å². The zero-order valence-corrected chi connectivity index (χ0v) is 5.18. The summed E-state index contributed by atoms with van der Waals surface area (Å²) in [5.74, 6) is 0. The molecule has 0 amide bonds. The molecule has 0 saturated carbocycles. The first-order valence-corrected chi connectivity index (χ1v) is 4.20. The average molecular weight is 147 g/mol. The van der Waals surface area contributed by atoms with Crippen LogP contribution in [-0.4, -0.2) is 19.6 Å². The van der Waals surface area contributed by atoms with Crippen molar-refractivity contribution < 1.29 is 19.6 Å². The predicted molar refractivity (Wildman–Crippen MR) is 27.7 cm³/mol. The van der Waals surface area contributed by atoms with Gasteiger partial charge in [0.2, 0.25) is 0 Å². The van der Waals surface area contributed by atoms with Gasteiger partial charge >= 0.3 is 0 Å². The van der Waals surface area contributed by atoms with Gasteiger partial charge in [-0.05, 0) is 0 Å². The van der Waals surface area contributed by atoms with Gasteiger partial charge in [0.25, 0.3) is 16.1 Å². The van der Waals surface area contributed by atoms with E-state index >= 15 is 0 Å². The van der Waals surface area contributed by atoms with E-state index in [0.717, 1.165) is 0 Å². The lowest BCUT2D eigenvalue weighted by atomic mass is 14.0. The molecule has 0 bridgehead atoms. The summed E-state index contributed by atoms with van der Waals surface area (Å²) in [4.78, 5) is 31.1. The largest absolute Gasteiger partial charge is 0.344 e. The monoisotopic (exact) mass is 147 g/mol. The van der Waals surface area contributed by atoms with Gasteiger partial charge in [-0.25, -0.2) is 0 Å². The summed E-state index contributed by atoms with van der Waals surface area (Å²) in [5.41, 5.74) is 0. The molecule has 0 atom stereocenters. The van der Waals surface area contributed by atoms with Crippen LogP contribution in [0.1, 0.15) is 0 Å². The van der Waals surface area contributed by atoms with Crippen LogP contribution in [0.25, 0.3) is 0 Å². The molecule has 0 radical (unpaired) electrons. The lowest BCUT2D eigenvalue weighted by Crippen LogP contribution is -1.63. The van der Waals surface area contributed by atoms with Gasteiger partial charge in [-0.2, -0.15) is 0 Å². The van der Waals surface area contributed by atoms with Gasteiger partial charge in [0.05, 0.1) is 0 Å². The van der Waals surface area contributed by atoms with Gasteiger partial charge in [0, 0.05) is 0 Å². The molecule has 0 heterocycles. The van der Waals surface area contributed by atoms with Crippen LogP contribution in [0.3, 0.4) is 0 Å². The molecule has 7 heavy (non-hydrogen) atoms. The fourth-order valence-electron chi connectivity index (χ4n) is 0. The van der Waals surface area contributed by atoms with Gasteiger partial charge in [0.15, 0.2) is 0 Å². The second kappa shape index (κ2) is 4.81. The Bertz CT molecular complexity index is 30.7. The zero-order chi connectivity index (χ0) is 5.15. The highest BCUT2D eigenvalue weighted by atomic mass is 32.1. The molecule has 0 saturated heterocycles. The van der Waals surface area contributed by atoms with E-state index in [0.29, 0.717) is 0 Å². The molecule has 0 aliphatic rings. The molecule has 0 spiro atoms. The molecule has 0 fully saturated rings. The first-order valence-electron chi connectivity index (χ1n) is 1.000. The van der Waals surface area contributed by atoms with E-state index in [9.17, 15) is 0 Å². The van der Waals surface area contributed by atoms with Crippen molar-refractivity contribution in [1.82, 2.24) is 6.15 Å². The second-order valence-electron chi connectivity index (χ2n) is 0.537. The predicted octanol–water partition coefficient (Wildman–Crippen LogP) is -0.344. The number of hydrogen-bond acceptors (Lipinski definition) is 5. The summed E-state index contributed by atoms with van der Waals surface area (Å²) in [6.45, 7) is 0. The summed E-state index contributed by atoms with van der Waals surface area (Å²) in [5, 5.41) is 0. The third-order valence-corrected chi connectivity index (χ3v) is 1.44. The minimum Gasteiger partial charge on any atom is -0.344 e. The Morgan fingerprint density at radius 2 is 0.857 bits per heavy atom. The van der Waals surface area contributed by atoms with Gasteiger partial charge in [-0.1, -0.05) is 0 Å². The summed E-state index contributed by atoms with van der Waals surface area (Å²) >= 11 is 0. The molecular weight excluding hydrogens is 140 g/mol. The maximum atomic E-state index is 7.78. The smallest absolute Gasteiger partial charge is 0.250 e. The normalized spacial score (nSPS) is 9.43. The van der Waals surface area contributed by atoms with Crippen LogP contribution >= 0.6 is 16.1 Å². The number of rotatable bonds is 1. The molecule has 0 aromatic heterocycles. The SMILES string of the molecule is N.OP(O)P(O)O. The standard InChI is InChI=1S/H3N.H4O4P2/c;1-5(2)6(3)4/h1H3;1-4H. The Morgan fingerprint density at radius 1 is 0.714 bits per heavy atom. The Kier molecular flexibility index (Phi) is 7.29. The van der Waals surface area contributed by atoms with Crippen molar-refractivity contribution in [3.63, 3.8) is 0 Å². The summed E-state index contributed by atoms with van der Waals surface area (Å²) in [6.07, 6.45) is 0. The molecule has 7 N–H and O–H groups in total. The van der Waals surface area contributed by atoms with E-state index in [-0.39, 0.29) is 6.15 Å². The van der Waals surface area contributed by atoms with Crippen LogP contribution in [0.15, 0.2) is 0 Å². The third kappa shape index (κ3) is 6.66. The zero-order valence-electron chi connectivity index (χ0n) is 3.39. The molecule has 0 rings (SSSR count). The van der Waals surface area contributed by atoms with Gasteiger partial charge < -0.3 is 25.7 Å². The topological polar surface area (TPSA) is 116 Å². The van der Waals surface area contributed by atoms with Crippen LogP contribution in [0, 0.1) is 0 Å². The fourth-order valence-corrected chi connectivity index (χ4v) is 0. The van der Waals surface area contributed by atoms with Crippen LogP contribution in [0.5, 0.6) is 0 Å². The molecule has 0 aliphatic carbocycles. The molecular formula is H7NO4P2. The Hall–Kier alpha value is 0.660. The molecule has 0 aromatic carbocycles. The van der Waals surface area contributed by atoms with Gasteiger partial charge in [0.1, 0.15) is 0 Å². The van der Waals surface area contributed by atoms with E-state index in [1.165, 1.54) is 0 Å². The average Bonchev–Trinajstić information content (AvgIpc) is 1.36. The van der Waals surface area contributed by atoms with Crippen molar-refractivity contribution in [1.29, 1.82) is 0 Å². The number of hydrogen-bond donors (Lipinski definition) is 5. The van der Waals surface area contributed by atoms with E-state index in [2.05, 4.69) is 0 Å². The van der Waals surface area contributed by atoms with Crippen molar-refractivity contribution in [2.75, 3.05) is 0 Å². The molecule has 0 aromatic rings. The minimum absolute atomic E-state index is 0. The van der Waals surface area contributed by atoms with Crippen LogP contribution in [-0.2, 0) is 0 Å². The Labute approximate surface area is 42.9 Å². The highest BCUT2D eigenvalue weighted by Crippen LogP contribution is 2.56. The lowest BCUT2D eigenvalue weighted by Gasteiger charge is -1.97. The van der Waals surface area contributed by atoms with E-state index < -0.39 is 16.1 Å². The highest BCUT2D eigenvalue weighted by molar-refractivity contribution is 8.19. The molecule has 0 aliphatic heterocycles. The first kappa shape index (κ1) is 10.6. The Balaban J connectivity index is 0. The molecule has 0 unspecified atom stereocenters. The summed E-state index contributed by atoms with van der Waals surface area (Å²) in [6, 6.07) is 0. The van der Waals surface area contributed by atoms with Crippen molar-refractivity contribution >= 4 is 16.1 Å². The fraction of sp³-hybridized carbons (Fsp3) is 0. The maximum Gasteiger partial charge on any atom is 0.250 e. The quantitative estimate of drug-likeness (QED) is 0.325. The van der Waals surface area contributed by atoms with E-state index in [4.69, 9.17) is 19.6 Å². The van der Waals surface area contributed by atoms with Gasteiger partial charge in [-0.15, -0.1) is 0 Å². The molecule has 5 nitrogen and oxygen atoms in total. The summed E-state index contributed by atoms with van der Waals surface area (Å²) < 4.78 is 0. The second-order valence-corrected chi connectivity index (χ2v) is 3.76. The lowest BCUT2D eigenvalue weighted by molar-refractivity contribution is 0.457. The van der Waals surface area contributed by atoms with Crippen molar-refractivity contribution in [3.05, 3.63) is 0 Å². The molecule has 7 heteroatoms. The van der Waals surface area contributed by atoms with Crippen molar-refractivity contribution in [2.45, 2.75) is 0 Å². The molecule has 46 valence electrons. The van der Waals surface area contributed by atoms with E-state index in [1.807, 2.05) is 0 Å². The van der Waals surface area contributed by atoms with Crippen LogP contribution < -0.4 is 6.15 Å². The Morgan fingerprint density at radius 3 is 0.857 bits per heavy atom. The van der Waals surface area contributed by atoms with Crippen LogP contribution in [0.4, 0.5) is 0 Å². The van der Waals surface area contributed by atoms with Gasteiger partial charge in [-0.3, -0.25) is 0 Å². The van der Waals surface area contributed by atoms with Crippen molar-refractivity contribution in [2.24, 2.45) is 0 Å².